The number of ether oxygens (including phenoxy) is 2. The van der Waals surface area contributed by atoms with Crippen LogP contribution in [0.3, 0.4) is 0 Å². The van der Waals surface area contributed by atoms with E-state index in [4.69, 9.17) is 14.7 Å². The van der Waals surface area contributed by atoms with E-state index < -0.39 is 0 Å². The van der Waals surface area contributed by atoms with Gasteiger partial charge in [0.2, 0.25) is 0 Å². The monoisotopic (exact) mass is 290 g/mol. The van der Waals surface area contributed by atoms with Crippen LogP contribution in [0.4, 0.5) is 0 Å². The third kappa shape index (κ3) is 5.09. The maximum atomic E-state index is 11.7. The Balaban J connectivity index is 2.76. The summed E-state index contributed by atoms with van der Waals surface area (Å²) in [6.45, 7) is 4.60. The van der Waals surface area contributed by atoms with E-state index in [0.717, 1.165) is 5.56 Å². The zero-order valence-electron chi connectivity index (χ0n) is 13.0. The molecule has 0 aliphatic rings. The number of esters is 1. The van der Waals surface area contributed by atoms with E-state index in [0.29, 0.717) is 30.2 Å². The van der Waals surface area contributed by atoms with Gasteiger partial charge in [0.25, 0.3) is 0 Å². The highest BCUT2D eigenvalue weighted by Gasteiger charge is 2.19. The van der Waals surface area contributed by atoms with Gasteiger partial charge in [-0.3, -0.25) is 4.79 Å². The topological polar surface area (TPSA) is 71.3 Å². The van der Waals surface area contributed by atoms with Crippen LogP contribution in [-0.4, -0.2) is 26.2 Å². The number of rotatable bonds is 7. The maximum absolute atomic E-state index is 11.7. The van der Waals surface area contributed by atoms with E-state index in [1.807, 2.05) is 6.07 Å². The van der Waals surface area contributed by atoms with Crippen LogP contribution in [0.15, 0.2) is 18.2 Å². The normalized spacial score (nSPS) is 11.8. The average Bonchev–Trinajstić information content (AvgIpc) is 2.49. The molecule has 0 aromatic heterocycles. The Morgan fingerprint density at radius 1 is 1.38 bits per heavy atom. The molecule has 1 aromatic rings. The van der Waals surface area contributed by atoms with E-state index in [1.54, 1.807) is 12.1 Å². The number of nitrogens with one attached hydrogen (secondary N) is 1. The summed E-state index contributed by atoms with van der Waals surface area (Å²) >= 11 is 0. The van der Waals surface area contributed by atoms with E-state index in [2.05, 4.69) is 25.2 Å². The van der Waals surface area contributed by atoms with Crippen LogP contribution in [0, 0.1) is 17.2 Å². The number of hydrogen-bond acceptors (Lipinski definition) is 5. The highest BCUT2D eigenvalue weighted by atomic mass is 16.5. The van der Waals surface area contributed by atoms with Crippen LogP contribution in [0.25, 0.3) is 0 Å². The largest absolute Gasteiger partial charge is 0.495 e. The second kappa shape index (κ2) is 8.28. The summed E-state index contributed by atoms with van der Waals surface area (Å²) in [7, 11) is 2.92. The fraction of sp³-hybridized carbons (Fsp3) is 0.500. The van der Waals surface area contributed by atoms with Crippen molar-refractivity contribution >= 4 is 5.97 Å². The number of benzene rings is 1. The quantitative estimate of drug-likeness (QED) is 0.780. The van der Waals surface area contributed by atoms with Crippen LogP contribution in [0.2, 0.25) is 0 Å². The predicted octanol–water partition coefficient (Wildman–Crippen LogP) is 2.24. The Bertz CT molecular complexity index is 521. The van der Waals surface area contributed by atoms with Gasteiger partial charge in [-0.2, -0.15) is 5.26 Å². The van der Waals surface area contributed by atoms with E-state index in [9.17, 15) is 4.79 Å². The van der Waals surface area contributed by atoms with Gasteiger partial charge in [-0.1, -0.05) is 19.9 Å². The lowest BCUT2D eigenvalue weighted by molar-refractivity contribution is -0.143. The first kappa shape index (κ1) is 17.0. The highest BCUT2D eigenvalue weighted by Crippen LogP contribution is 2.19. The second-order valence-electron chi connectivity index (χ2n) is 5.23. The van der Waals surface area contributed by atoms with Crippen molar-refractivity contribution in [3.8, 4) is 11.8 Å². The first-order valence-corrected chi connectivity index (χ1v) is 6.90. The van der Waals surface area contributed by atoms with Gasteiger partial charge < -0.3 is 14.8 Å². The van der Waals surface area contributed by atoms with Gasteiger partial charge in [0.15, 0.2) is 0 Å². The Morgan fingerprint density at radius 2 is 2.10 bits per heavy atom. The lowest BCUT2D eigenvalue weighted by Gasteiger charge is -2.18. The molecule has 0 bridgehead atoms. The first-order chi connectivity index (χ1) is 10.0. The van der Waals surface area contributed by atoms with Crippen LogP contribution < -0.4 is 10.1 Å². The van der Waals surface area contributed by atoms with E-state index in [-0.39, 0.29) is 12.0 Å². The molecule has 0 heterocycles. The molecule has 1 atom stereocenters. The molecule has 0 aliphatic carbocycles. The fourth-order valence-corrected chi connectivity index (χ4v) is 2.07. The molecule has 0 saturated carbocycles. The van der Waals surface area contributed by atoms with Crippen molar-refractivity contribution in [2.75, 3.05) is 14.2 Å². The minimum absolute atomic E-state index is 0.266. The number of carbonyl (C=O) groups is 1. The molecule has 21 heavy (non-hydrogen) atoms. The smallest absolute Gasteiger partial charge is 0.322 e. The molecule has 0 amide bonds. The van der Waals surface area contributed by atoms with Crippen LogP contribution >= 0.6 is 0 Å². The van der Waals surface area contributed by atoms with Gasteiger partial charge in [0, 0.05) is 6.54 Å². The predicted molar refractivity (Wildman–Crippen MR) is 79.8 cm³/mol. The molecule has 0 aliphatic heterocycles. The minimum Gasteiger partial charge on any atom is -0.495 e. The SMILES string of the molecule is COC(=O)C(CC(C)C)NCc1ccc(OC)c(C#N)c1. The summed E-state index contributed by atoms with van der Waals surface area (Å²) in [6, 6.07) is 7.14. The summed E-state index contributed by atoms with van der Waals surface area (Å²) in [4.78, 5) is 11.7. The summed E-state index contributed by atoms with van der Waals surface area (Å²) in [6.07, 6.45) is 0.702. The fourth-order valence-electron chi connectivity index (χ4n) is 2.07. The van der Waals surface area contributed by atoms with Crippen molar-refractivity contribution in [1.82, 2.24) is 5.32 Å². The third-order valence-corrected chi connectivity index (χ3v) is 3.13. The molecular weight excluding hydrogens is 268 g/mol. The zero-order chi connectivity index (χ0) is 15.8. The van der Waals surface area contributed by atoms with Gasteiger partial charge >= 0.3 is 5.97 Å². The number of nitrogens with zero attached hydrogens (tertiary/aromatic N) is 1. The molecule has 114 valence electrons. The van der Waals surface area contributed by atoms with Gasteiger partial charge in [0.05, 0.1) is 19.8 Å². The molecule has 0 saturated heterocycles. The Morgan fingerprint density at radius 3 is 2.62 bits per heavy atom. The minimum atomic E-state index is -0.345. The lowest BCUT2D eigenvalue weighted by Crippen LogP contribution is -2.38. The van der Waals surface area contributed by atoms with Crippen molar-refractivity contribution in [2.24, 2.45) is 5.92 Å². The molecule has 5 heteroatoms. The van der Waals surface area contributed by atoms with Gasteiger partial charge in [0.1, 0.15) is 17.9 Å². The highest BCUT2D eigenvalue weighted by molar-refractivity contribution is 5.75. The molecule has 1 N–H and O–H groups in total. The van der Waals surface area contributed by atoms with Crippen molar-refractivity contribution in [1.29, 1.82) is 5.26 Å². The number of nitriles is 1. The summed E-state index contributed by atoms with van der Waals surface area (Å²) in [5.74, 6) is 0.665. The van der Waals surface area contributed by atoms with Crippen LogP contribution in [0.1, 0.15) is 31.4 Å². The molecule has 0 fully saturated rings. The standard InChI is InChI=1S/C16H22N2O3/c1-11(2)7-14(16(19)21-4)18-10-12-5-6-15(20-3)13(8-12)9-17/h5-6,8,11,14,18H,7,10H2,1-4H3. The maximum Gasteiger partial charge on any atom is 0.322 e. The number of methoxy groups -OCH3 is 2. The lowest BCUT2D eigenvalue weighted by atomic mass is 10.0. The van der Waals surface area contributed by atoms with Crippen molar-refractivity contribution in [2.45, 2.75) is 32.9 Å². The Hall–Kier alpha value is -2.06. The Kier molecular flexibility index (Phi) is 6.70. The van der Waals surface area contributed by atoms with E-state index in [1.165, 1.54) is 14.2 Å². The van der Waals surface area contributed by atoms with Crippen molar-refractivity contribution in [3.63, 3.8) is 0 Å². The van der Waals surface area contributed by atoms with Crippen molar-refractivity contribution < 1.29 is 14.3 Å². The molecular formula is C16H22N2O3. The van der Waals surface area contributed by atoms with Crippen LogP contribution in [0.5, 0.6) is 5.75 Å². The van der Waals surface area contributed by atoms with Crippen molar-refractivity contribution in [3.05, 3.63) is 29.3 Å². The average molecular weight is 290 g/mol. The molecule has 5 nitrogen and oxygen atoms in total. The molecule has 1 rings (SSSR count). The second-order valence-corrected chi connectivity index (χ2v) is 5.23. The molecule has 0 spiro atoms. The third-order valence-electron chi connectivity index (χ3n) is 3.13. The zero-order valence-corrected chi connectivity index (χ0v) is 13.0. The summed E-state index contributed by atoms with van der Waals surface area (Å²) < 4.78 is 9.92. The first-order valence-electron chi connectivity index (χ1n) is 6.90. The van der Waals surface area contributed by atoms with Gasteiger partial charge in [-0.15, -0.1) is 0 Å². The molecule has 1 aromatic carbocycles. The number of hydrogen-bond donors (Lipinski definition) is 1. The Labute approximate surface area is 125 Å². The summed E-state index contributed by atoms with van der Waals surface area (Å²) in [5, 5.41) is 12.3. The van der Waals surface area contributed by atoms with Gasteiger partial charge in [-0.25, -0.2) is 0 Å². The molecule has 0 radical (unpaired) electrons. The van der Waals surface area contributed by atoms with E-state index >= 15 is 0 Å². The van der Waals surface area contributed by atoms with Crippen LogP contribution in [-0.2, 0) is 16.1 Å². The van der Waals surface area contributed by atoms with Gasteiger partial charge in [-0.05, 0) is 30.0 Å². The summed E-state index contributed by atoms with van der Waals surface area (Å²) in [5.41, 5.74) is 1.40. The molecule has 1 unspecified atom stereocenters. The number of carbonyl (C=O) groups excluding carboxylic acids is 1.